The first-order chi connectivity index (χ1) is 13.6. The van der Waals surface area contributed by atoms with Crippen LogP contribution >= 0.6 is 17.0 Å². The van der Waals surface area contributed by atoms with E-state index in [0.717, 1.165) is 34.4 Å². The van der Waals surface area contributed by atoms with Crippen LogP contribution in [0.4, 0.5) is 32.0 Å². The molecule has 8 heteroatoms. The third-order valence-corrected chi connectivity index (χ3v) is 4.98. The molecule has 0 aromatic heterocycles. The molecule has 0 aliphatic carbocycles. The lowest BCUT2D eigenvalue weighted by atomic mass is 9.97. The standard InChI is InChI=1S/C22H15F6N.BrH/c23-21(24,25)16-9-17(22(26,27)28)11-18(10-16)29-12-14-5-1-3-7-19(14)20-8-4-2-6-15(20)13-29;/h1-11H,12-13H2;1H. The van der Waals surface area contributed by atoms with Crippen LogP contribution in [0.3, 0.4) is 0 Å². The number of hydrogen-bond donors (Lipinski definition) is 0. The molecule has 30 heavy (non-hydrogen) atoms. The van der Waals surface area contributed by atoms with Crippen molar-refractivity contribution in [2.24, 2.45) is 0 Å². The van der Waals surface area contributed by atoms with Crippen LogP contribution in [0.25, 0.3) is 11.1 Å². The summed E-state index contributed by atoms with van der Waals surface area (Å²) in [5.74, 6) is 0. The summed E-state index contributed by atoms with van der Waals surface area (Å²) in [6.45, 7) is 0.396. The van der Waals surface area contributed by atoms with E-state index in [1.807, 2.05) is 36.4 Å². The molecule has 4 rings (SSSR count). The van der Waals surface area contributed by atoms with E-state index in [9.17, 15) is 26.3 Å². The second-order valence-electron chi connectivity index (χ2n) is 6.93. The van der Waals surface area contributed by atoms with E-state index < -0.39 is 23.5 Å². The highest BCUT2D eigenvalue weighted by Gasteiger charge is 2.37. The third kappa shape index (κ3) is 4.33. The minimum absolute atomic E-state index is 0. The topological polar surface area (TPSA) is 3.24 Å². The highest BCUT2D eigenvalue weighted by atomic mass is 79.9. The minimum atomic E-state index is -4.88. The third-order valence-electron chi connectivity index (χ3n) is 4.98. The number of benzene rings is 3. The van der Waals surface area contributed by atoms with E-state index >= 15 is 0 Å². The molecule has 1 nitrogen and oxygen atoms in total. The van der Waals surface area contributed by atoms with Crippen molar-refractivity contribution in [2.75, 3.05) is 4.90 Å². The maximum atomic E-state index is 13.3. The molecule has 3 aromatic rings. The average Bonchev–Trinajstić information content (AvgIpc) is 2.83. The first-order valence-electron chi connectivity index (χ1n) is 8.83. The van der Waals surface area contributed by atoms with Crippen LogP contribution in [0.2, 0.25) is 0 Å². The van der Waals surface area contributed by atoms with Gasteiger partial charge in [-0.3, -0.25) is 0 Å². The number of halogens is 7. The molecule has 0 radical (unpaired) electrons. The molecule has 1 aliphatic heterocycles. The smallest absolute Gasteiger partial charge is 0.363 e. The van der Waals surface area contributed by atoms with Gasteiger partial charge in [-0.15, -0.1) is 17.0 Å². The molecule has 0 atom stereocenters. The van der Waals surface area contributed by atoms with Crippen molar-refractivity contribution in [3.63, 3.8) is 0 Å². The number of rotatable bonds is 1. The molecule has 0 amide bonds. The van der Waals surface area contributed by atoms with Gasteiger partial charge in [0, 0.05) is 18.8 Å². The van der Waals surface area contributed by atoms with Crippen LogP contribution in [0.15, 0.2) is 66.7 Å². The molecule has 0 spiro atoms. The lowest BCUT2D eigenvalue weighted by Crippen LogP contribution is -2.22. The predicted molar refractivity (Wildman–Crippen MR) is 109 cm³/mol. The number of hydrogen-bond acceptors (Lipinski definition) is 1. The number of fused-ring (bicyclic) bond motifs is 3. The number of alkyl halides is 6. The minimum Gasteiger partial charge on any atom is -0.363 e. The molecule has 158 valence electrons. The van der Waals surface area contributed by atoms with Gasteiger partial charge in [-0.1, -0.05) is 48.5 Å². The van der Waals surface area contributed by atoms with Crippen molar-refractivity contribution in [2.45, 2.75) is 25.4 Å². The fraction of sp³-hybridized carbons (Fsp3) is 0.182. The second-order valence-corrected chi connectivity index (χ2v) is 6.93. The van der Waals surface area contributed by atoms with E-state index in [-0.39, 0.29) is 41.8 Å². The summed E-state index contributed by atoms with van der Waals surface area (Å²) < 4.78 is 79.7. The number of nitrogens with zero attached hydrogens (tertiary/aromatic N) is 1. The zero-order chi connectivity index (χ0) is 20.8. The first kappa shape index (κ1) is 22.2. The van der Waals surface area contributed by atoms with Gasteiger partial charge in [0.05, 0.1) is 11.1 Å². The van der Waals surface area contributed by atoms with E-state index in [0.29, 0.717) is 0 Å². The normalized spacial score (nSPS) is 13.7. The van der Waals surface area contributed by atoms with Crippen molar-refractivity contribution in [1.29, 1.82) is 0 Å². The summed E-state index contributed by atoms with van der Waals surface area (Å²) in [7, 11) is 0. The highest BCUT2D eigenvalue weighted by molar-refractivity contribution is 8.93. The Kier molecular flexibility index (Phi) is 5.91. The fourth-order valence-electron chi connectivity index (χ4n) is 3.61. The molecule has 0 saturated carbocycles. The van der Waals surface area contributed by atoms with Gasteiger partial charge in [0.2, 0.25) is 0 Å². The van der Waals surface area contributed by atoms with Gasteiger partial charge < -0.3 is 4.90 Å². The zero-order valence-electron chi connectivity index (χ0n) is 15.4. The van der Waals surface area contributed by atoms with Crippen LogP contribution < -0.4 is 4.90 Å². The fourth-order valence-corrected chi connectivity index (χ4v) is 3.61. The van der Waals surface area contributed by atoms with Gasteiger partial charge in [-0.25, -0.2) is 0 Å². The van der Waals surface area contributed by atoms with Gasteiger partial charge >= 0.3 is 12.4 Å². The average molecular weight is 488 g/mol. The SMILES string of the molecule is Br.FC(F)(F)c1cc(N2Cc3ccccc3-c3ccccc3C2)cc(C(F)(F)F)c1. The molecule has 0 fully saturated rings. The summed E-state index contributed by atoms with van der Waals surface area (Å²) in [4.78, 5) is 1.55. The molecule has 0 saturated heterocycles. The first-order valence-corrected chi connectivity index (χ1v) is 8.83. The van der Waals surface area contributed by atoms with Gasteiger partial charge in [0.1, 0.15) is 0 Å². The van der Waals surface area contributed by atoms with Gasteiger partial charge in [-0.05, 0) is 40.5 Å². The van der Waals surface area contributed by atoms with Crippen LogP contribution in [0, 0.1) is 0 Å². The van der Waals surface area contributed by atoms with Gasteiger partial charge in [0.15, 0.2) is 0 Å². The molecule has 0 N–H and O–H groups in total. The van der Waals surface area contributed by atoms with Gasteiger partial charge in [0.25, 0.3) is 0 Å². The number of anilines is 1. The lowest BCUT2D eigenvalue weighted by Gasteiger charge is -2.26. The van der Waals surface area contributed by atoms with E-state index in [2.05, 4.69) is 0 Å². The van der Waals surface area contributed by atoms with Crippen LogP contribution in [0.1, 0.15) is 22.3 Å². The van der Waals surface area contributed by atoms with Crippen LogP contribution in [-0.2, 0) is 25.4 Å². The van der Waals surface area contributed by atoms with Crippen molar-refractivity contribution in [3.05, 3.63) is 89.0 Å². The predicted octanol–water partition coefficient (Wildman–Crippen LogP) is 7.49. The Morgan fingerprint density at radius 1 is 0.600 bits per heavy atom. The van der Waals surface area contributed by atoms with Gasteiger partial charge in [-0.2, -0.15) is 26.3 Å². The monoisotopic (exact) mass is 487 g/mol. The summed E-state index contributed by atoms with van der Waals surface area (Å²) in [5.41, 5.74) is 0.786. The Balaban J connectivity index is 0.00000256. The lowest BCUT2D eigenvalue weighted by molar-refractivity contribution is -0.143. The summed E-state index contributed by atoms with van der Waals surface area (Å²) in [6, 6.07) is 16.5. The molecule has 0 bridgehead atoms. The molecule has 1 aliphatic rings. The Morgan fingerprint density at radius 2 is 1.00 bits per heavy atom. The van der Waals surface area contributed by atoms with Crippen LogP contribution in [0.5, 0.6) is 0 Å². The van der Waals surface area contributed by atoms with Crippen molar-refractivity contribution >= 4 is 22.7 Å². The van der Waals surface area contributed by atoms with Crippen molar-refractivity contribution < 1.29 is 26.3 Å². The molecule has 3 aromatic carbocycles. The Hall–Kier alpha value is -2.48. The Bertz CT molecular complexity index is 978. The van der Waals surface area contributed by atoms with E-state index in [1.165, 1.54) is 0 Å². The molecule has 0 unspecified atom stereocenters. The molecular weight excluding hydrogens is 472 g/mol. The maximum absolute atomic E-state index is 13.3. The van der Waals surface area contributed by atoms with E-state index in [1.54, 1.807) is 17.0 Å². The molecule has 1 heterocycles. The van der Waals surface area contributed by atoms with Crippen molar-refractivity contribution in [3.8, 4) is 11.1 Å². The Labute approximate surface area is 179 Å². The van der Waals surface area contributed by atoms with E-state index in [4.69, 9.17) is 0 Å². The summed E-state index contributed by atoms with van der Waals surface area (Å²) >= 11 is 0. The zero-order valence-corrected chi connectivity index (χ0v) is 17.1. The molecular formula is C22H16BrF6N. The summed E-state index contributed by atoms with van der Waals surface area (Å²) in [5, 5.41) is 0. The quantitative estimate of drug-likeness (QED) is 0.321. The van der Waals surface area contributed by atoms with Crippen molar-refractivity contribution in [1.82, 2.24) is 0 Å². The second kappa shape index (κ2) is 7.98. The summed E-state index contributed by atoms with van der Waals surface area (Å²) in [6.07, 6.45) is -9.75. The highest BCUT2D eigenvalue weighted by Crippen LogP contribution is 2.40. The Morgan fingerprint density at radius 3 is 1.40 bits per heavy atom. The maximum Gasteiger partial charge on any atom is 0.416 e. The van der Waals surface area contributed by atoms with Crippen LogP contribution in [-0.4, -0.2) is 0 Å². The largest absolute Gasteiger partial charge is 0.416 e.